The summed E-state index contributed by atoms with van der Waals surface area (Å²) in [7, 11) is 0. The first kappa shape index (κ1) is 21.5. The van der Waals surface area contributed by atoms with Gasteiger partial charge in [-0.05, 0) is 61.9 Å². The number of hydrogen-bond donors (Lipinski definition) is 3. The highest BCUT2D eigenvalue weighted by atomic mass is 16.5. The number of Topliss-reactive ketones (excluding diaryl/α,β-unsaturated/α-hetero) is 1. The number of anilines is 1. The molecule has 0 atom stereocenters. The van der Waals surface area contributed by atoms with Crippen LogP contribution in [0.5, 0.6) is 5.75 Å². The Balaban J connectivity index is 1.48. The molecule has 7 nitrogen and oxygen atoms in total. The van der Waals surface area contributed by atoms with E-state index in [0.717, 1.165) is 48.1 Å². The molecule has 0 radical (unpaired) electrons. The van der Waals surface area contributed by atoms with Crippen LogP contribution < -0.4 is 21.3 Å². The second-order valence-corrected chi connectivity index (χ2v) is 7.22. The lowest BCUT2D eigenvalue weighted by atomic mass is 9.86. The highest BCUT2D eigenvalue weighted by Gasteiger charge is 2.21. The van der Waals surface area contributed by atoms with Crippen molar-refractivity contribution in [2.45, 2.75) is 38.5 Å². The molecule has 0 saturated carbocycles. The van der Waals surface area contributed by atoms with Crippen LogP contribution in [0.25, 0.3) is 0 Å². The third-order valence-corrected chi connectivity index (χ3v) is 5.15. The van der Waals surface area contributed by atoms with Gasteiger partial charge in [-0.3, -0.25) is 9.59 Å². The number of unbranched alkanes of at least 4 members (excludes halogenated alkanes) is 1. The molecule has 1 aromatic heterocycles. The summed E-state index contributed by atoms with van der Waals surface area (Å²) in [5.41, 5.74) is 5.95. The zero-order valence-electron chi connectivity index (χ0n) is 17.1. The van der Waals surface area contributed by atoms with E-state index in [2.05, 4.69) is 22.3 Å². The number of nitrogens with one attached hydrogen (secondary N) is 2. The molecule has 30 heavy (non-hydrogen) atoms. The van der Waals surface area contributed by atoms with E-state index >= 15 is 0 Å². The Hall–Kier alpha value is -3.19. The van der Waals surface area contributed by atoms with E-state index in [1.54, 1.807) is 12.1 Å². The van der Waals surface area contributed by atoms with Gasteiger partial charge >= 0.3 is 0 Å². The number of hydrazine groups is 1. The summed E-state index contributed by atoms with van der Waals surface area (Å²) in [6.07, 6.45) is 8.08. The Morgan fingerprint density at radius 3 is 2.93 bits per heavy atom. The summed E-state index contributed by atoms with van der Waals surface area (Å²) in [4.78, 5) is 28.3. The number of amides is 1. The highest BCUT2D eigenvalue weighted by Crippen LogP contribution is 2.32. The van der Waals surface area contributed by atoms with E-state index < -0.39 is 0 Å². The fourth-order valence-corrected chi connectivity index (χ4v) is 3.65. The first-order valence-electron chi connectivity index (χ1n) is 10.3. The molecular weight excluding hydrogens is 380 g/mol. The second-order valence-electron chi connectivity index (χ2n) is 7.22. The van der Waals surface area contributed by atoms with Crippen molar-refractivity contribution in [1.29, 1.82) is 0 Å². The number of fused-ring (bicyclic) bond motifs is 1. The van der Waals surface area contributed by atoms with Crippen LogP contribution in [0.15, 0.2) is 43.1 Å². The Morgan fingerprint density at radius 2 is 2.13 bits per heavy atom. The quantitative estimate of drug-likeness (QED) is 0.241. The number of hydrogen-bond acceptors (Lipinski definition) is 6. The SMILES string of the molecule is C=CCc1c(OCCCCNC(=O)c2ccnc(NN)c2)ccc2c1CCCC2=O. The van der Waals surface area contributed by atoms with E-state index in [4.69, 9.17) is 10.6 Å². The number of nitrogens with two attached hydrogens (primary N) is 1. The standard InChI is InChI=1S/C23H28N4O3/c1-2-6-19-17-7-5-8-20(28)18(17)9-10-21(19)30-14-4-3-12-26-23(29)16-11-13-25-22(15-16)27-24/h2,9-11,13,15H,1,3-8,12,14,24H2,(H,25,27)(H,26,29). The minimum atomic E-state index is -0.164. The molecule has 1 aliphatic carbocycles. The average Bonchev–Trinajstić information content (AvgIpc) is 2.77. The predicted octanol–water partition coefficient (Wildman–Crippen LogP) is 3.20. The van der Waals surface area contributed by atoms with E-state index in [1.807, 2.05) is 18.2 Å². The van der Waals surface area contributed by atoms with Gasteiger partial charge in [0.25, 0.3) is 5.91 Å². The molecule has 1 heterocycles. The Labute approximate surface area is 176 Å². The van der Waals surface area contributed by atoms with E-state index in [-0.39, 0.29) is 11.7 Å². The van der Waals surface area contributed by atoms with Gasteiger partial charge in [-0.1, -0.05) is 6.08 Å². The fraction of sp³-hybridized carbons (Fsp3) is 0.348. The van der Waals surface area contributed by atoms with Crippen molar-refractivity contribution in [3.05, 3.63) is 65.4 Å². The number of carbonyl (C=O) groups is 2. The average molecular weight is 409 g/mol. The lowest BCUT2D eigenvalue weighted by molar-refractivity contribution is 0.0949. The van der Waals surface area contributed by atoms with Gasteiger partial charge in [0.05, 0.1) is 6.61 Å². The van der Waals surface area contributed by atoms with Gasteiger partial charge in [-0.25, -0.2) is 10.8 Å². The number of pyridine rings is 1. The first-order chi connectivity index (χ1) is 14.6. The lowest BCUT2D eigenvalue weighted by Gasteiger charge is -2.21. The maximum atomic E-state index is 12.2. The summed E-state index contributed by atoms with van der Waals surface area (Å²) in [5.74, 6) is 6.63. The zero-order chi connectivity index (χ0) is 21.3. The van der Waals surface area contributed by atoms with Gasteiger partial charge in [-0.15, -0.1) is 6.58 Å². The van der Waals surface area contributed by atoms with Gasteiger partial charge in [-0.2, -0.15) is 0 Å². The maximum Gasteiger partial charge on any atom is 0.251 e. The fourth-order valence-electron chi connectivity index (χ4n) is 3.65. The largest absolute Gasteiger partial charge is 0.493 e. The van der Waals surface area contributed by atoms with Crippen molar-refractivity contribution in [2.75, 3.05) is 18.6 Å². The van der Waals surface area contributed by atoms with Crippen LogP contribution in [0, 0.1) is 0 Å². The van der Waals surface area contributed by atoms with E-state index in [0.29, 0.717) is 37.4 Å². The molecular formula is C23H28N4O3. The third kappa shape index (κ3) is 5.24. The Bertz CT molecular complexity index is 927. The maximum absolute atomic E-state index is 12.2. The third-order valence-electron chi connectivity index (χ3n) is 5.15. The summed E-state index contributed by atoms with van der Waals surface area (Å²) >= 11 is 0. The van der Waals surface area contributed by atoms with E-state index in [9.17, 15) is 9.59 Å². The lowest BCUT2D eigenvalue weighted by Crippen LogP contribution is -2.25. The van der Waals surface area contributed by atoms with Crippen LogP contribution in [-0.2, 0) is 12.8 Å². The van der Waals surface area contributed by atoms with Gasteiger partial charge in [0.15, 0.2) is 5.78 Å². The Morgan fingerprint density at radius 1 is 1.27 bits per heavy atom. The number of ether oxygens (including phenoxy) is 1. The van der Waals surface area contributed by atoms with Crippen LogP contribution in [0.3, 0.4) is 0 Å². The molecule has 158 valence electrons. The molecule has 3 rings (SSSR count). The zero-order valence-corrected chi connectivity index (χ0v) is 17.1. The molecule has 0 spiro atoms. The molecule has 0 unspecified atom stereocenters. The predicted molar refractivity (Wildman–Crippen MR) is 117 cm³/mol. The monoisotopic (exact) mass is 408 g/mol. The summed E-state index contributed by atoms with van der Waals surface area (Å²) in [6, 6.07) is 7.02. The molecule has 1 aliphatic rings. The van der Waals surface area contributed by atoms with Crippen LogP contribution >= 0.6 is 0 Å². The van der Waals surface area contributed by atoms with Crippen LogP contribution in [0.4, 0.5) is 5.82 Å². The normalized spacial score (nSPS) is 12.8. The molecule has 1 aromatic carbocycles. The number of benzene rings is 1. The first-order valence-corrected chi connectivity index (χ1v) is 10.3. The van der Waals surface area contributed by atoms with Crippen molar-refractivity contribution in [2.24, 2.45) is 5.84 Å². The molecule has 0 bridgehead atoms. The van der Waals surface area contributed by atoms with Crippen molar-refractivity contribution < 1.29 is 14.3 Å². The molecule has 7 heteroatoms. The van der Waals surface area contributed by atoms with Crippen LogP contribution in [0.2, 0.25) is 0 Å². The molecule has 0 aliphatic heterocycles. The molecule has 0 saturated heterocycles. The van der Waals surface area contributed by atoms with Gasteiger partial charge < -0.3 is 15.5 Å². The number of nitrogen functional groups attached to an aromatic ring is 1. The minimum Gasteiger partial charge on any atom is -0.493 e. The summed E-state index contributed by atoms with van der Waals surface area (Å²) in [5, 5.41) is 2.88. The topological polar surface area (TPSA) is 106 Å². The van der Waals surface area contributed by atoms with Crippen LogP contribution in [-0.4, -0.2) is 29.8 Å². The summed E-state index contributed by atoms with van der Waals surface area (Å²) in [6.45, 7) is 4.94. The minimum absolute atomic E-state index is 0.164. The number of aromatic nitrogens is 1. The molecule has 2 aromatic rings. The van der Waals surface area contributed by atoms with Gasteiger partial charge in [0, 0.05) is 35.9 Å². The van der Waals surface area contributed by atoms with Crippen molar-refractivity contribution in [1.82, 2.24) is 10.3 Å². The van der Waals surface area contributed by atoms with Gasteiger partial charge in [0.1, 0.15) is 11.6 Å². The molecule has 0 fully saturated rings. The van der Waals surface area contributed by atoms with Crippen molar-refractivity contribution >= 4 is 17.5 Å². The number of nitrogens with zero attached hydrogens (tertiary/aromatic N) is 1. The number of allylic oxidation sites excluding steroid dienone is 1. The number of ketones is 1. The smallest absolute Gasteiger partial charge is 0.251 e. The molecule has 1 amide bonds. The highest BCUT2D eigenvalue weighted by molar-refractivity contribution is 5.99. The number of carbonyl (C=O) groups excluding carboxylic acids is 2. The van der Waals surface area contributed by atoms with Crippen molar-refractivity contribution in [3.8, 4) is 5.75 Å². The van der Waals surface area contributed by atoms with Crippen LogP contribution in [0.1, 0.15) is 57.5 Å². The van der Waals surface area contributed by atoms with Gasteiger partial charge in [0.2, 0.25) is 0 Å². The number of rotatable bonds is 10. The Kier molecular flexibility index (Phi) is 7.57. The van der Waals surface area contributed by atoms with E-state index in [1.165, 1.54) is 6.20 Å². The van der Waals surface area contributed by atoms with Crippen molar-refractivity contribution in [3.63, 3.8) is 0 Å². The molecule has 4 N–H and O–H groups in total. The summed E-state index contributed by atoms with van der Waals surface area (Å²) < 4.78 is 6.01. The second kappa shape index (κ2) is 10.5.